The van der Waals surface area contributed by atoms with E-state index in [1.54, 1.807) is 0 Å². The summed E-state index contributed by atoms with van der Waals surface area (Å²) in [4.78, 5) is 26.7. The first-order valence-electron chi connectivity index (χ1n) is 9.20. The molecule has 130 valence electrons. The maximum atomic E-state index is 12.7. The highest BCUT2D eigenvalue weighted by Crippen LogP contribution is 2.41. The van der Waals surface area contributed by atoms with Crippen molar-refractivity contribution in [3.05, 3.63) is 35.9 Å². The summed E-state index contributed by atoms with van der Waals surface area (Å²) in [5.74, 6) is 1.01. The second kappa shape index (κ2) is 7.37. The van der Waals surface area contributed by atoms with Crippen molar-refractivity contribution < 1.29 is 9.59 Å². The van der Waals surface area contributed by atoms with Gasteiger partial charge in [-0.15, -0.1) is 0 Å². The Morgan fingerprint density at radius 1 is 1.04 bits per heavy atom. The van der Waals surface area contributed by atoms with Gasteiger partial charge in [0, 0.05) is 24.9 Å². The molecule has 2 aliphatic rings. The smallest absolute Gasteiger partial charge is 0.225 e. The molecule has 0 unspecified atom stereocenters. The summed E-state index contributed by atoms with van der Waals surface area (Å²) >= 11 is 0. The average molecular weight is 328 g/mol. The number of piperidine rings is 1. The lowest BCUT2D eigenvalue weighted by atomic mass is 9.93. The minimum absolute atomic E-state index is 0.0335. The molecular formula is C20H28N2O2. The van der Waals surface area contributed by atoms with E-state index in [0.29, 0.717) is 19.0 Å². The number of carbonyl (C=O) groups excluding carboxylic acids is 2. The van der Waals surface area contributed by atoms with Crippen LogP contribution < -0.4 is 5.32 Å². The van der Waals surface area contributed by atoms with Crippen molar-refractivity contribution in [3.8, 4) is 0 Å². The summed E-state index contributed by atoms with van der Waals surface area (Å²) < 4.78 is 0. The zero-order valence-electron chi connectivity index (χ0n) is 14.7. The third-order valence-corrected chi connectivity index (χ3v) is 5.22. The van der Waals surface area contributed by atoms with Gasteiger partial charge in [-0.3, -0.25) is 9.59 Å². The molecule has 1 aliphatic heterocycles. The number of nitrogens with one attached hydrogen (secondary N) is 1. The van der Waals surface area contributed by atoms with E-state index in [-0.39, 0.29) is 29.7 Å². The molecule has 0 bridgehead atoms. The lowest BCUT2D eigenvalue weighted by molar-refractivity contribution is -0.138. The van der Waals surface area contributed by atoms with Crippen LogP contribution in [0.25, 0.3) is 0 Å². The highest BCUT2D eigenvalue weighted by Gasteiger charge is 2.35. The fourth-order valence-corrected chi connectivity index (χ4v) is 3.56. The van der Waals surface area contributed by atoms with E-state index in [1.807, 2.05) is 36.9 Å². The second-order valence-corrected chi connectivity index (χ2v) is 7.49. The standard InChI is InChI=1S/C20H28N2O2/c1-14(2)20(24)22-12-10-17(11-13-22)19(23)21-18(16-8-9-16)15-6-4-3-5-7-15/h3-7,14,16-18H,8-13H2,1-2H3,(H,21,23)/t18-/m1/s1. The Balaban J connectivity index is 1.56. The largest absolute Gasteiger partial charge is 0.349 e. The molecule has 2 fully saturated rings. The van der Waals surface area contributed by atoms with Gasteiger partial charge in [-0.1, -0.05) is 44.2 Å². The first-order valence-corrected chi connectivity index (χ1v) is 9.20. The van der Waals surface area contributed by atoms with E-state index in [2.05, 4.69) is 17.4 Å². The Hall–Kier alpha value is -1.84. The fraction of sp³-hybridized carbons (Fsp3) is 0.600. The van der Waals surface area contributed by atoms with Crippen LogP contribution in [-0.2, 0) is 9.59 Å². The molecule has 3 rings (SSSR count). The average Bonchev–Trinajstić information content (AvgIpc) is 3.44. The molecule has 1 aliphatic carbocycles. The lowest BCUT2D eigenvalue weighted by Gasteiger charge is -2.33. The van der Waals surface area contributed by atoms with E-state index >= 15 is 0 Å². The first-order chi connectivity index (χ1) is 11.6. The Labute approximate surface area is 144 Å². The monoisotopic (exact) mass is 328 g/mol. The van der Waals surface area contributed by atoms with Crippen molar-refractivity contribution >= 4 is 11.8 Å². The number of likely N-dealkylation sites (tertiary alicyclic amines) is 1. The van der Waals surface area contributed by atoms with Crippen molar-refractivity contribution in [2.24, 2.45) is 17.8 Å². The normalized spacial score (nSPS) is 20.0. The molecule has 0 spiro atoms. The summed E-state index contributed by atoms with van der Waals surface area (Å²) in [7, 11) is 0. The van der Waals surface area contributed by atoms with Gasteiger partial charge in [-0.2, -0.15) is 0 Å². The summed E-state index contributed by atoms with van der Waals surface area (Å²) in [5, 5.41) is 3.29. The molecule has 0 aromatic heterocycles. The van der Waals surface area contributed by atoms with Crippen LogP contribution in [0.3, 0.4) is 0 Å². The minimum atomic E-state index is 0.0335. The Bertz CT molecular complexity index is 573. The predicted molar refractivity (Wildman–Crippen MR) is 94.2 cm³/mol. The molecule has 1 saturated heterocycles. The lowest BCUT2D eigenvalue weighted by Crippen LogP contribution is -2.45. The van der Waals surface area contributed by atoms with Crippen molar-refractivity contribution in [3.63, 3.8) is 0 Å². The number of rotatable bonds is 5. The summed E-state index contributed by atoms with van der Waals surface area (Å²) in [6.07, 6.45) is 3.94. The molecule has 4 nitrogen and oxygen atoms in total. The quantitative estimate of drug-likeness (QED) is 0.903. The van der Waals surface area contributed by atoms with Crippen LogP contribution in [0, 0.1) is 17.8 Å². The maximum absolute atomic E-state index is 12.7. The van der Waals surface area contributed by atoms with Gasteiger partial charge in [0.2, 0.25) is 11.8 Å². The van der Waals surface area contributed by atoms with Crippen LogP contribution >= 0.6 is 0 Å². The molecular weight excluding hydrogens is 300 g/mol. The summed E-state index contributed by atoms with van der Waals surface area (Å²) in [5.41, 5.74) is 1.21. The van der Waals surface area contributed by atoms with Crippen molar-refractivity contribution in [2.75, 3.05) is 13.1 Å². The van der Waals surface area contributed by atoms with Gasteiger partial charge in [-0.05, 0) is 37.2 Å². The fourth-order valence-electron chi connectivity index (χ4n) is 3.56. The van der Waals surface area contributed by atoms with Crippen LogP contribution in [0.15, 0.2) is 30.3 Å². The van der Waals surface area contributed by atoms with Gasteiger partial charge < -0.3 is 10.2 Å². The number of benzene rings is 1. The minimum Gasteiger partial charge on any atom is -0.349 e. The van der Waals surface area contributed by atoms with Crippen LogP contribution in [-0.4, -0.2) is 29.8 Å². The van der Waals surface area contributed by atoms with E-state index in [4.69, 9.17) is 0 Å². The molecule has 1 aromatic rings. The van der Waals surface area contributed by atoms with Crippen LogP contribution in [0.1, 0.15) is 51.1 Å². The predicted octanol–water partition coefficient (Wildman–Crippen LogP) is 3.15. The van der Waals surface area contributed by atoms with Gasteiger partial charge in [0.25, 0.3) is 0 Å². The molecule has 1 heterocycles. The Morgan fingerprint density at radius 2 is 1.67 bits per heavy atom. The van der Waals surface area contributed by atoms with Crippen LogP contribution in [0.5, 0.6) is 0 Å². The molecule has 4 heteroatoms. The van der Waals surface area contributed by atoms with Gasteiger partial charge in [-0.25, -0.2) is 0 Å². The highest BCUT2D eigenvalue weighted by atomic mass is 16.2. The number of hydrogen-bond acceptors (Lipinski definition) is 2. The van der Waals surface area contributed by atoms with E-state index < -0.39 is 0 Å². The Kier molecular flexibility index (Phi) is 5.22. The second-order valence-electron chi connectivity index (χ2n) is 7.49. The molecule has 1 atom stereocenters. The molecule has 1 N–H and O–H groups in total. The molecule has 0 radical (unpaired) electrons. The van der Waals surface area contributed by atoms with Crippen molar-refractivity contribution in [2.45, 2.75) is 45.6 Å². The molecule has 24 heavy (non-hydrogen) atoms. The first kappa shape index (κ1) is 17.0. The zero-order valence-corrected chi connectivity index (χ0v) is 14.7. The van der Waals surface area contributed by atoms with Gasteiger partial charge in [0.1, 0.15) is 0 Å². The number of amides is 2. The molecule has 1 saturated carbocycles. The Morgan fingerprint density at radius 3 is 2.21 bits per heavy atom. The summed E-state index contributed by atoms with van der Waals surface area (Å²) in [6, 6.07) is 10.4. The highest BCUT2D eigenvalue weighted by molar-refractivity contribution is 5.81. The number of nitrogens with zero attached hydrogens (tertiary/aromatic N) is 1. The van der Waals surface area contributed by atoms with Crippen LogP contribution in [0.2, 0.25) is 0 Å². The third kappa shape index (κ3) is 3.97. The van der Waals surface area contributed by atoms with Crippen molar-refractivity contribution in [1.29, 1.82) is 0 Å². The van der Waals surface area contributed by atoms with Gasteiger partial charge >= 0.3 is 0 Å². The van der Waals surface area contributed by atoms with Gasteiger partial charge in [0.05, 0.1) is 6.04 Å². The van der Waals surface area contributed by atoms with E-state index in [0.717, 1.165) is 12.8 Å². The third-order valence-electron chi connectivity index (χ3n) is 5.22. The number of hydrogen-bond donors (Lipinski definition) is 1. The molecule has 2 amide bonds. The molecule has 1 aromatic carbocycles. The van der Waals surface area contributed by atoms with E-state index in [1.165, 1.54) is 18.4 Å². The SMILES string of the molecule is CC(C)C(=O)N1CCC(C(=O)N[C@H](c2ccccc2)C2CC2)CC1. The summed E-state index contributed by atoms with van der Waals surface area (Å²) in [6.45, 7) is 5.27. The number of carbonyl (C=O) groups is 2. The maximum Gasteiger partial charge on any atom is 0.225 e. The zero-order chi connectivity index (χ0) is 17.1. The topological polar surface area (TPSA) is 49.4 Å². The van der Waals surface area contributed by atoms with Gasteiger partial charge in [0.15, 0.2) is 0 Å². The van der Waals surface area contributed by atoms with E-state index in [9.17, 15) is 9.59 Å². The van der Waals surface area contributed by atoms with Crippen molar-refractivity contribution in [1.82, 2.24) is 10.2 Å². The van der Waals surface area contributed by atoms with Crippen LogP contribution in [0.4, 0.5) is 0 Å².